The van der Waals surface area contributed by atoms with Crippen molar-refractivity contribution >= 4 is 11.8 Å². The molecular weight excluding hydrogens is 246 g/mol. The molecule has 104 valence electrons. The molecule has 1 aliphatic heterocycles. The fourth-order valence-corrected chi connectivity index (χ4v) is 2.20. The minimum absolute atomic E-state index is 0.120. The SMILES string of the molecule is CCNC(=O)C1CNCCN1C(=O)c1ccnn1C. The third kappa shape index (κ3) is 2.76. The van der Waals surface area contributed by atoms with Gasteiger partial charge >= 0.3 is 0 Å². The first kappa shape index (κ1) is 13.5. The second-order valence-corrected chi connectivity index (χ2v) is 4.45. The molecule has 2 rings (SSSR count). The smallest absolute Gasteiger partial charge is 0.272 e. The van der Waals surface area contributed by atoms with Crippen LogP contribution in [0.3, 0.4) is 0 Å². The molecule has 0 spiro atoms. The summed E-state index contributed by atoms with van der Waals surface area (Å²) in [5.41, 5.74) is 0.496. The number of nitrogens with one attached hydrogen (secondary N) is 2. The summed E-state index contributed by atoms with van der Waals surface area (Å²) in [4.78, 5) is 26.1. The number of hydrogen-bond acceptors (Lipinski definition) is 4. The first-order valence-corrected chi connectivity index (χ1v) is 6.42. The molecule has 2 N–H and O–H groups in total. The van der Waals surface area contributed by atoms with Crippen molar-refractivity contribution in [3.8, 4) is 0 Å². The van der Waals surface area contributed by atoms with Crippen LogP contribution in [0.1, 0.15) is 17.4 Å². The summed E-state index contributed by atoms with van der Waals surface area (Å²) in [6.45, 7) is 4.12. The van der Waals surface area contributed by atoms with Gasteiger partial charge in [0.2, 0.25) is 5.91 Å². The summed E-state index contributed by atoms with van der Waals surface area (Å²) in [6, 6.07) is 1.20. The van der Waals surface area contributed by atoms with Gasteiger partial charge in [-0.2, -0.15) is 5.10 Å². The van der Waals surface area contributed by atoms with Crippen LogP contribution in [0.25, 0.3) is 0 Å². The van der Waals surface area contributed by atoms with Gasteiger partial charge in [0.15, 0.2) is 0 Å². The maximum atomic E-state index is 12.5. The number of likely N-dealkylation sites (N-methyl/N-ethyl adjacent to an activating group) is 1. The van der Waals surface area contributed by atoms with Crippen LogP contribution in [0.15, 0.2) is 12.3 Å². The van der Waals surface area contributed by atoms with Crippen molar-refractivity contribution in [1.29, 1.82) is 0 Å². The molecule has 1 aromatic heterocycles. The zero-order valence-corrected chi connectivity index (χ0v) is 11.2. The van der Waals surface area contributed by atoms with Gasteiger partial charge in [-0.15, -0.1) is 0 Å². The number of hydrogen-bond donors (Lipinski definition) is 2. The molecule has 1 saturated heterocycles. The summed E-state index contributed by atoms with van der Waals surface area (Å²) >= 11 is 0. The zero-order chi connectivity index (χ0) is 13.8. The Kier molecular flexibility index (Phi) is 4.16. The predicted molar refractivity (Wildman–Crippen MR) is 69.6 cm³/mol. The fraction of sp³-hybridized carbons (Fsp3) is 0.583. The van der Waals surface area contributed by atoms with Gasteiger partial charge in [-0.3, -0.25) is 14.3 Å². The lowest BCUT2D eigenvalue weighted by Gasteiger charge is -2.35. The summed E-state index contributed by atoms with van der Waals surface area (Å²) in [6.07, 6.45) is 1.58. The average Bonchev–Trinajstić information content (AvgIpc) is 2.84. The Bertz CT molecular complexity index is 470. The van der Waals surface area contributed by atoms with E-state index in [1.165, 1.54) is 4.68 Å². The Morgan fingerprint density at radius 1 is 1.58 bits per heavy atom. The zero-order valence-electron chi connectivity index (χ0n) is 11.2. The summed E-state index contributed by atoms with van der Waals surface area (Å²) < 4.78 is 1.53. The van der Waals surface area contributed by atoms with E-state index in [-0.39, 0.29) is 11.8 Å². The number of aromatic nitrogens is 2. The minimum atomic E-state index is -0.462. The van der Waals surface area contributed by atoms with E-state index in [0.29, 0.717) is 31.9 Å². The molecule has 7 heteroatoms. The van der Waals surface area contributed by atoms with Crippen LogP contribution in [0, 0.1) is 0 Å². The molecule has 0 bridgehead atoms. The van der Waals surface area contributed by atoms with E-state index in [2.05, 4.69) is 15.7 Å². The van der Waals surface area contributed by atoms with Gasteiger partial charge in [0.05, 0.1) is 0 Å². The molecular formula is C12H19N5O2. The molecule has 1 unspecified atom stereocenters. The van der Waals surface area contributed by atoms with Gasteiger partial charge in [-0.1, -0.05) is 0 Å². The quantitative estimate of drug-likeness (QED) is 0.732. The van der Waals surface area contributed by atoms with Crippen LogP contribution in [0.5, 0.6) is 0 Å². The van der Waals surface area contributed by atoms with Crippen LogP contribution in [0.2, 0.25) is 0 Å². The van der Waals surface area contributed by atoms with Crippen LogP contribution in [-0.2, 0) is 11.8 Å². The molecule has 0 radical (unpaired) electrons. The molecule has 0 aromatic carbocycles. The lowest BCUT2D eigenvalue weighted by molar-refractivity contribution is -0.126. The third-order valence-corrected chi connectivity index (χ3v) is 3.20. The number of amides is 2. The number of carbonyl (C=O) groups excluding carboxylic acids is 2. The van der Waals surface area contributed by atoms with E-state index in [1.807, 2.05) is 6.92 Å². The Morgan fingerprint density at radius 2 is 2.37 bits per heavy atom. The molecule has 1 aliphatic rings. The molecule has 0 aliphatic carbocycles. The number of rotatable bonds is 3. The largest absolute Gasteiger partial charge is 0.355 e. The van der Waals surface area contributed by atoms with E-state index < -0.39 is 6.04 Å². The van der Waals surface area contributed by atoms with Gasteiger partial charge in [0.1, 0.15) is 11.7 Å². The summed E-state index contributed by atoms with van der Waals surface area (Å²) in [5, 5.41) is 9.90. The first-order valence-electron chi connectivity index (χ1n) is 6.42. The number of nitrogens with zero attached hydrogens (tertiary/aromatic N) is 3. The van der Waals surface area contributed by atoms with Crippen molar-refractivity contribution in [2.24, 2.45) is 7.05 Å². The maximum Gasteiger partial charge on any atom is 0.272 e. The van der Waals surface area contributed by atoms with Gasteiger partial charge in [0, 0.05) is 39.4 Å². The first-order chi connectivity index (χ1) is 9.15. The molecule has 19 heavy (non-hydrogen) atoms. The van der Waals surface area contributed by atoms with E-state index >= 15 is 0 Å². The van der Waals surface area contributed by atoms with Crippen molar-refractivity contribution < 1.29 is 9.59 Å². The van der Waals surface area contributed by atoms with Crippen LogP contribution in [0.4, 0.5) is 0 Å². The third-order valence-electron chi connectivity index (χ3n) is 3.20. The second-order valence-electron chi connectivity index (χ2n) is 4.45. The van der Waals surface area contributed by atoms with Gasteiger partial charge in [-0.25, -0.2) is 0 Å². The normalized spacial score (nSPS) is 19.3. The predicted octanol–water partition coefficient (Wildman–Crippen LogP) is -1.03. The number of aryl methyl sites for hydroxylation is 1. The standard InChI is InChI=1S/C12H19N5O2/c1-3-14-11(18)10-8-13-6-7-17(10)12(19)9-4-5-15-16(9)2/h4-5,10,13H,3,6-8H2,1-2H3,(H,14,18). The Labute approximate surface area is 111 Å². The summed E-state index contributed by atoms with van der Waals surface area (Å²) in [7, 11) is 1.72. The highest BCUT2D eigenvalue weighted by atomic mass is 16.2. The van der Waals surface area contributed by atoms with Crippen LogP contribution < -0.4 is 10.6 Å². The highest BCUT2D eigenvalue weighted by Gasteiger charge is 2.33. The molecule has 0 saturated carbocycles. The molecule has 7 nitrogen and oxygen atoms in total. The Morgan fingerprint density at radius 3 is 3.00 bits per heavy atom. The molecule has 2 heterocycles. The average molecular weight is 265 g/mol. The number of piperazine rings is 1. The van der Waals surface area contributed by atoms with Gasteiger partial charge < -0.3 is 15.5 Å². The minimum Gasteiger partial charge on any atom is -0.355 e. The highest BCUT2D eigenvalue weighted by molar-refractivity contribution is 5.96. The lowest BCUT2D eigenvalue weighted by Crippen LogP contribution is -2.59. The van der Waals surface area contributed by atoms with Crippen LogP contribution >= 0.6 is 0 Å². The molecule has 2 amide bonds. The summed E-state index contributed by atoms with van der Waals surface area (Å²) in [5.74, 6) is -0.275. The van der Waals surface area contributed by atoms with E-state index in [1.54, 1.807) is 24.2 Å². The van der Waals surface area contributed by atoms with Gasteiger partial charge in [0.25, 0.3) is 5.91 Å². The van der Waals surface area contributed by atoms with Crippen molar-refractivity contribution in [1.82, 2.24) is 25.3 Å². The number of carbonyl (C=O) groups is 2. The topological polar surface area (TPSA) is 79.3 Å². The molecule has 1 fully saturated rings. The second kappa shape index (κ2) is 5.83. The Hall–Kier alpha value is -1.89. The highest BCUT2D eigenvalue weighted by Crippen LogP contribution is 2.10. The van der Waals surface area contributed by atoms with Crippen molar-refractivity contribution in [2.45, 2.75) is 13.0 Å². The van der Waals surface area contributed by atoms with Crippen molar-refractivity contribution in [2.75, 3.05) is 26.2 Å². The Balaban J connectivity index is 2.18. The molecule has 1 aromatic rings. The van der Waals surface area contributed by atoms with E-state index in [4.69, 9.17) is 0 Å². The van der Waals surface area contributed by atoms with Crippen molar-refractivity contribution in [3.63, 3.8) is 0 Å². The lowest BCUT2D eigenvalue weighted by atomic mass is 10.1. The van der Waals surface area contributed by atoms with Gasteiger partial charge in [-0.05, 0) is 13.0 Å². The van der Waals surface area contributed by atoms with E-state index in [0.717, 1.165) is 0 Å². The maximum absolute atomic E-state index is 12.5. The van der Waals surface area contributed by atoms with E-state index in [9.17, 15) is 9.59 Å². The monoisotopic (exact) mass is 265 g/mol. The fourth-order valence-electron chi connectivity index (χ4n) is 2.20. The molecule has 1 atom stereocenters. The van der Waals surface area contributed by atoms with Crippen molar-refractivity contribution in [3.05, 3.63) is 18.0 Å². The van der Waals surface area contributed by atoms with Crippen LogP contribution in [-0.4, -0.2) is 58.7 Å².